The number of ether oxygens (including phenoxy) is 1. The predicted octanol–water partition coefficient (Wildman–Crippen LogP) is 3.02. The Hall–Kier alpha value is -2.37. The highest BCUT2D eigenvalue weighted by atomic mass is 16.6. The number of carbonyl (C=O) groups is 3. The van der Waals surface area contributed by atoms with Crippen LogP contribution < -0.4 is 5.73 Å². The van der Waals surface area contributed by atoms with Crippen LogP contribution in [0.2, 0.25) is 0 Å². The fourth-order valence-electron chi connectivity index (χ4n) is 2.20. The lowest BCUT2D eigenvalue weighted by atomic mass is 10.1. The molecule has 0 bridgehead atoms. The fourth-order valence-corrected chi connectivity index (χ4v) is 2.20. The molecule has 2 rings (SSSR count). The zero-order valence-electron chi connectivity index (χ0n) is 14.1. The molecule has 23 heavy (non-hydrogen) atoms. The maximum Gasteiger partial charge on any atom is 0.425 e. The number of rotatable bonds is 0. The number of fused-ring (bicyclic) bond motifs is 1. The fraction of sp³-hybridized carbons (Fsp3) is 0.471. The highest BCUT2D eigenvalue weighted by molar-refractivity contribution is 6.06. The Morgan fingerprint density at radius 1 is 1.09 bits per heavy atom. The summed E-state index contributed by atoms with van der Waals surface area (Å²) in [4.78, 5) is 33.0. The average Bonchev–Trinajstić information content (AvgIpc) is 2.84. The Bertz CT molecular complexity index is 554. The van der Waals surface area contributed by atoms with Gasteiger partial charge in [-0.15, -0.1) is 0 Å². The standard InChI is InChI=1S/C9H10.C8H14N2O4/c1-2-5-9-7-3-6-8(9)4-1;1-5(11)10(6(9)12)7(13)14-8(2,3)4/h1-2,4-5H,3,6-7H2;1-4H3,(H2,9,12). The number of amides is 4. The van der Waals surface area contributed by atoms with E-state index in [1.807, 2.05) is 0 Å². The Balaban J connectivity index is 0.000000248. The van der Waals surface area contributed by atoms with Crippen LogP contribution in [-0.4, -0.2) is 28.5 Å². The van der Waals surface area contributed by atoms with E-state index in [2.05, 4.69) is 24.3 Å². The van der Waals surface area contributed by atoms with Crippen molar-refractivity contribution in [1.29, 1.82) is 0 Å². The first kappa shape index (κ1) is 18.7. The van der Waals surface area contributed by atoms with Gasteiger partial charge in [-0.05, 0) is 51.2 Å². The molecular weight excluding hydrogens is 296 g/mol. The van der Waals surface area contributed by atoms with Gasteiger partial charge in [0.2, 0.25) is 5.91 Å². The summed E-state index contributed by atoms with van der Waals surface area (Å²) in [5.74, 6) is -0.772. The van der Waals surface area contributed by atoms with Crippen molar-refractivity contribution >= 4 is 18.0 Å². The van der Waals surface area contributed by atoms with E-state index in [1.54, 1.807) is 31.9 Å². The van der Waals surface area contributed by atoms with Crippen molar-refractivity contribution < 1.29 is 19.1 Å². The van der Waals surface area contributed by atoms with E-state index in [4.69, 9.17) is 10.5 Å². The van der Waals surface area contributed by atoms with Crippen LogP contribution in [0.25, 0.3) is 0 Å². The molecule has 6 nitrogen and oxygen atoms in total. The van der Waals surface area contributed by atoms with E-state index >= 15 is 0 Å². The van der Waals surface area contributed by atoms with E-state index in [1.165, 1.54) is 19.3 Å². The van der Waals surface area contributed by atoms with Crippen molar-refractivity contribution in [3.05, 3.63) is 35.4 Å². The minimum Gasteiger partial charge on any atom is -0.443 e. The van der Waals surface area contributed by atoms with Crippen LogP contribution >= 0.6 is 0 Å². The number of benzene rings is 1. The van der Waals surface area contributed by atoms with Crippen LogP contribution in [0.1, 0.15) is 45.2 Å². The molecule has 0 fully saturated rings. The molecule has 2 N–H and O–H groups in total. The van der Waals surface area contributed by atoms with Crippen molar-refractivity contribution in [2.45, 2.75) is 52.6 Å². The van der Waals surface area contributed by atoms with Crippen LogP contribution in [0.5, 0.6) is 0 Å². The molecule has 4 amide bonds. The van der Waals surface area contributed by atoms with Crippen molar-refractivity contribution in [3.63, 3.8) is 0 Å². The SMILES string of the molecule is CC(=O)N(C(N)=O)C(=O)OC(C)(C)C.c1ccc2c(c1)CCC2. The number of primary amides is 1. The summed E-state index contributed by atoms with van der Waals surface area (Å²) < 4.78 is 4.79. The molecule has 1 aliphatic carbocycles. The van der Waals surface area contributed by atoms with Gasteiger partial charge in [0.1, 0.15) is 5.60 Å². The number of hydrogen-bond donors (Lipinski definition) is 1. The number of aryl methyl sites for hydroxylation is 2. The molecule has 0 unspecified atom stereocenters. The number of nitrogens with zero attached hydrogens (tertiary/aromatic N) is 1. The van der Waals surface area contributed by atoms with E-state index in [0.717, 1.165) is 6.92 Å². The summed E-state index contributed by atoms with van der Waals surface area (Å²) >= 11 is 0. The van der Waals surface area contributed by atoms with Gasteiger partial charge in [-0.25, -0.2) is 9.59 Å². The second kappa shape index (κ2) is 7.76. The smallest absolute Gasteiger partial charge is 0.425 e. The molecule has 0 radical (unpaired) electrons. The number of urea groups is 1. The maximum absolute atomic E-state index is 11.2. The van der Waals surface area contributed by atoms with Gasteiger partial charge >= 0.3 is 12.1 Å². The number of imide groups is 3. The number of nitrogens with two attached hydrogens (primary N) is 1. The van der Waals surface area contributed by atoms with Gasteiger partial charge in [0, 0.05) is 6.92 Å². The Labute approximate surface area is 136 Å². The Kier molecular flexibility index (Phi) is 6.30. The summed E-state index contributed by atoms with van der Waals surface area (Å²) in [5, 5.41) is 0. The van der Waals surface area contributed by atoms with Gasteiger partial charge in [-0.3, -0.25) is 4.79 Å². The molecule has 0 saturated carbocycles. The third-order valence-electron chi connectivity index (χ3n) is 3.12. The van der Waals surface area contributed by atoms with E-state index < -0.39 is 23.6 Å². The van der Waals surface area contributed by atoms with Gasteiger partial charge in [-0.1, -0.05) is 24.3 Å². The maximum atomic E-state index is 11.2. The second-order valence-corrected chi connectivity index (χ2v) is 6.30. The van der Waals surface area contributed by atoms with Crippen molar-refractivity contribution in [3.8, 4) is 0 Å². The summed E-state index contributed by atoms with van der Waals surface area (Å²) in [6.07, 6.45) is 2.91. The van der Waals surface area contributed by atoms with E-state index in [0.29, 0.717) is 0 Å². The first-order valence-corrected chi connectivity index (χ1v) is 7.51. The normalized spacial score (nSPS) is 12.5. The largest absolute Gasteiger partial charge is 0.443 e. The van der Waals surface area contributed by atoms with Crippen LogP contribution in [0.15, 0.2) is 24.3 Å². The lowest BCUT2D eigenvalue weighted by Crippen LogP contribution is -2.46. The average molecular weight is 320 g/mol. The minimum atomic E-state index is -1.15. The topological polar surface area (TPSA) is 89.7 Å². The molecule has 0 atom stereocenters. The van der Waals surface area contributed by atoms with Gasteiger partial charge in [0.05, 0.1) is 0 Å². The van der Waals surface area contributed by atoms with E-state index in [-0.39, 0.29) is 4.90 Å². The summed E-state index contributed by atoms with van der Waals surface area (Å²) in [7, 11) is 0. The highest BCUT2D eigenvalue weighted by Gasteiger charge is 2.28. The van der Waals surface area contributed by atoms with Crippen molar-refractivity contribution in [2.75, 3.05) is 0 Å². The Morgan fingerprint density at radius 3 is 1.91 bits per heavy atom. The van der Waals surface area contributed by atoms with Crippen LogP contribution in [0.4, 0.5) is 9.59 Å². The molecule has 0 heterocycles. The third-order valence-corrected chi connectivity index (χ3v) is 3.12. The third kappa shape index (κ3) is 6.10. The summed E-state index contributed by atoms with van der Waals surface area (Å²) in [5.41, 5.74) is 7.18. The monoisotopic (exact) mass is 320 g/mol. The predicted molar refractivity (Wildman–Crippen MR) is 86.8 cm³/mol. The Morgan fingerprint density at radius 2 is 1.57 bits per heavy atom. The quantitative estimate of drug-likeness (QED) is 0.795. The molecule has 0 aromatic heterocycles. The van der Waals surface area contributed by atoms with Gasteiger partial charge in [0.15, 0.2) is 0 Å². The second-order valence-electron chi connectivity index (χ2n) is 6.30. The number of hydrogen-bond acceptors (Lipinski definition) is 4. The molecule has 0 aliphatic heterocycles. The molecule has 0 spiro atoms. The van der Waals surface area contributed by atoms with Crippen LogP contribution in [0, 0.1) is 0 Å². The first-order valence-electron chi connectivity index (χ1n) is 7.51. The van der Waals surface area contributed by atoms with Crippen LogP contribution in [0.3, 0.4) is 0 Å². The zero-order valence-corrected chi connectivity index (χ0v) is 14.1. The summed E-state index contributed by atoms with van der Waals surface area (Å²) in [6, 6.07) is 7.59. The van der Waals surface area contributed by atoms with Crippen molar-refractivity contribution in [2.24, 2.45) is 5.73 Å². The first-order chi connectivity index (χ1) is 10.6. The molecular formula is C17H24N2O4. The van der Waals surface area contributed by atoms with Gasteiger partial charge in [-0.2, -0.15) is 4.90 Å². The molecule has 1 aromatic rings. The zero-order chi connectivity index (χ0) is 17.6. The molecule has 6 heteroatoms. The minimum absolute atomic E-state index is 0.241. The lowest BCUT2D eigenvalue weighted by Gasteiger charge is -2.23. The van der Waals surface area contributed by atoms with Gasteiger partial charge < -0.3 is 10.5 Å². The number of carbonyl (C=O) groups excluding carboxylic acids is 3. The molecule has 1 aromatic carbocycles. The van der Waals surface area contributed by atoms with Crippen LogP contribution in [-0.2, 0) is 22.4 Å². The molecule has 126 valence electrons. The molecule has 0 saturated heterocycles. The molecule has 1 aliphatic rings. The van der Waals surface area contributed by atoms with Gasteiger partial charge in [0.25, 0.3) is 0 Å². The highest BCUT2D eigenvalue weighted by Crippen LogP contribution is 2.20. The van der Waals surface area contributed by atoms with E-state index in [9.17, 15) is 14.4 Å². The lowest BCUT2D eigenvalue weighted by molar-refractivity contribution is -0.125. The summed E-state index contributed by atoms with van der Waals surface area (Å²) in [6.45, 7) is 5.90. The van der Waals surface area contributed by atoms with Crippen molar-refractivity contribution in [1.82, 2.24) is 4.90 Å².